The molecular weight excluding hydrogens is 238 g/mol. The Labute approximate surface area is 103 Å². The lowest BCUT2D eigenvalue weighted by Gasteiger charge is -2.20. The van der Waals surface area contributed by atoms with Crippen molar-refractivity contribution in [3.8, 4) is 5.75 Å². The van der Waals surface area contributed by atoms with Crippen LogP contribution in [0.4, 0.5) is 0 Å². The number of aromatic hydroxyl groups is 1. The Morgan fingerprint density at radius 2 is 1.76 bits per heavy atom. The van der Waals surface area contributed by atoms with Gasteiger partial charge in [0, 0.05) is 13.1 Å². The molecule has 1 aromatic rings. The third-order valence-electron chi connectivity index (χ3n) is 2.59. The first-order valence-electron chi connectivity index (χ1n) is 5.81. The maximum Gasteiger partial charge on any atom is 0.243 e. The third-order valence-corrected chi connectivity index (χ3v) is 4.58. The number of unbranched alkanes of at least 4 members (excludes halogenated alkanes) is 1. The van der Waals surface area contributed by atoms with E-state index in [-0.39, 0.29) is 10.6 Å². The molecule has 4 nitrogen and oxygen atoms in total. The Morgan fingerprint density at radius 3 is 2.24 bits per heavy atom. The maximum atomic E-state index is 12.2. The SMILES string of the molecule is CCCCN(CC)S(=O)(=O)c1ccc(O)cc1. The largest absolute Gasteiger partial charge is 0.508 e. The van der Waals surface area contributed by atoms with E-state index in [9.17, 15) is 8.42 Å². The number of rotatable bonds is 6. The van der Waals surface area contributed by atoms with Crippen molar-refractivity contribution >= 4 is 10.0 Å². The zero-order chi connectivity index (χ0) is 12.9. The number of hydrogen-bond donors (Lipinski definition) is 1. The highest BCUT2D eigenvalue weighted by molar-refractivity contribution is 7.89. The molecule has 96 valence electrons. The Kier molecular flexibility index (Phi) is 4.96. The van der Waals surface area contributed by atoms with E-state index < -0.39 is 10.0 Å². The topological polar surface area (TPSA) is 57.6 Å². The molecule has 0 aliphatic heterocycles. The number of phenols is 1. The number of sulfonamides is 1. The Balaban J connectivity index is 2.95. The highest BCUT2D eigenvalue weighted by Gasteiger charge is 2.22. The van der Waals surface area contributed by atoms with Crippen LogP contribution in [0.5, 0.6) is 5.75 Å². The summed E-state index contributed by atoms with van der Waals surface area (Å²) in [4.78, 5) is 0.230. The van der Waals surface area contributed by atoms with Gasteiger partial charge in [0.2, 0.25) is 10.0 Å². The zero-order valence-corrected chi connectivity index (χ0v) is 11.1. The minimum atomic E-state index is -3.42. The average molecular weight is 257 g/mol. The highest BCUT2D eigenvalue weighted by Crippen LogP contribution is 2.18. The van der Waals surface area contributed by atoms with Gasteiger partial charge < -0.3 is 5.11 Å². The van der Waals surface area contributed by atoms with Gasteiger partial charge in [-0.15, -0.1) is 0 Å². The molecule has 0 heterocycles. The molecule has 0 saturated heterocycles. The summed E-state index contributed by atoms with van der Waals surface area (Å²) in [5.41, 5.74) is 0. The van der Waals surface area contributed by atoms with Crippen LogP contribution in [0, 0.1) is 0 Å². The van der Waals surface area contributed by atoms with Crippen molar-refractivity contribution in [2.24, 2.45) is 0 Å². The van der Waals surface area contributed by atoms with E-state index in [4.69, 9.17) is 5.11 Å². The van der Waals surface area contributed by atoms with Crippen molar-refractivity contribution < 1.29 is 13.5 Å². The van der Waals surface area contributed by atoms with Crippen molar-refractivity contribution in [2.75, 3.05) is 13.1 Å². The fourth-order valence-electron chi connectivity index (χ4n) is 1.55. The smallest absolute Gasteiger partial charge is 0.243 e. The van der Waals surface area contributed by atoms with Gasteiger partial charge in [-0.25, -0.2) is 8.42 Å². The van der Waals surface area contributed by atoms with E-state index in [1.54, 1.807) is 0 Å². The monoisotopic (exact) mass is 257 g/mol. The van der Waals surface area contributed by atoms with Crippen molar-refractivity contribution in [3.63, 3.8) is 0 Å². The molecule has 17 heavy (non-hydrogen) atoms. The predicted molar refractivity (Wildman–Crippen MR) is 67.4 cm³/mol. The maximum absolute atomic E-state index is 12.2. The molecule has 0 bridgehead atoms. The lowest BCUT2D eigenvalue weighted by atomic mass is 10.3. The first-order chi connectivity index (χ1) is 8.02. The summed E-state index contributed by atoms with van der Waals surface area (Å²) in [5.74, 6) is 0.0700. The fourth-order valence-corrected chi connectivity index (χ4v) is 3.04. The van der Waals surface area contributed by atoms with Crippen LogP contribution in [-0.2, 0) is 10.0 Å². The Morgan fingerprint density at radius 1 is 1.18 bits per heavy atom. The molecule has 0 spiro atoms. The van der Waals surface area contributed by atoms with Crippen molar-refractivity contribution in [3.05, 3.63) is 24.3 Å². The second-order valence-electron chi connectivity index (χ2n) is 3.84. The normalized spacial score (nSPS) is 11.9. The molecule has 0 atom stereocenters. The van der Waals surface area contributed by atoms with Gasteiger partial charge in [-0.2, -0.15) is 4.31 Å². The molecular formula is C12H19NO3S. The van der Waals surface area contributed by atoms with Crippen molar-refractivity contribution in [2.45, 2.75) is 31.6 Å². The summed E-state index contributed by atoms with van der Waals surface area (Å²) in [7, 11) is -3.42. The van der Waals surface area contributed by atoms with Crippen LogP contribution in [0.3, 0.4) is 0 Å². The molecule has 0 aromatic heterocycles. The standard InChI is InChI=1S/C12H19NO3S/c1-3-5-10-13(4-2)17(15,16)12-8-6-11(14)7-9-12/h6-9,14H,3-5,10H2,1-2H3. The Hall–Kier alpha value is -1.07. The van der Waals surface area contributed by atoms with Gasteiger partial charge in [0.15, 0.2) is 0 Å². The molecule has 1 N–H and O–H groups in total. The molecule has 0 aliphatic rings. The minimum Gasteiger partial charge on any atom is -0.508 e. The molecule has 5 heteroatoms. The average Bonchev–Trinajstić information content (AvgIpc) is 2.30. The molecule has 1 rings (SSSR count). The van der Waals surface area contributed by atoms with E-state index in [0.29, 0.717) is 13.1 Å². The second kappa shape index (κ2) is 6.02. The molecule has 0 fully saturated rings. The fraction of sp³-hybridized carbons (Fsp3) is 0.500. The van der Waals surface area contributed by atoms with E-state index in [1.165, 1.54) is 28.6 Å². The summed E-state index contributed by atoms with van der Waals surface area (Å²) in [6.07, 6.45) is 1.81. The van der Waals surface area contributed by atoms with Crippen LogP contribution < -0.4 is 0 Å². The van der Waals surface area contributed by atoms with Gasteiger partial charge in [-0.3, -0.25) is 0 Å². The van der Waals surface area contributed by atoms with Gasteiger partial charge in [0.1, 0.15) is 5.75 Å². The number of phenolic OH excluding ortho intramolecular Hbond substituents is 1. The van der Waals surface area contributed by atoms with Gasteiger partial charge in [0.05, 0.1) is 4.90 Å². The van der Waals surface area contributed by atoms with Gasteiger partial charge in [0.25, 0.3) is 0 Å². The molecule has 0 saturated carbocycles. The van der Waals surface area contributed by atoms with Crippen molar-refractivity contribution in [1.29, 1.82) is 0 Å². The quantitative estimate of drug-likeness (QED) is 0.850. The van der Waals surface area contributed by atoms with E-state index in [2.05, 4.69) is 0 Å². The summed E-state index contributed by atoms with van der Waals surface area (Å²) in [6.45, 7) is 4.86. The van der Waals surface area contributed by atoms with E-state index in [1.807, 2.05) is 13.8 Å². The first-order valence-corrected chi connectivity index (χ1v) is 7.25. The van der Waals surface area contributed by atoms with Gasteiger partial charge in [-0.1, -0.05) is 20.3 Å². The summed E-state index contributed by atoms with van der Waals surface area (Å²) < 4.78 is 25.9. The van der Waals surface area contributed by atoms with E-state index >= 15 is 0 Å². The molecule has 0 aliphatic carbocycles. The van der Waals surface area contributed by atoms with Crippen molar-refractivity contribution in [1.82, 2.24) is 4.31 Å². The number of hydrogen-bond acceptors (Lipinski definition) is 3. The lowest BCUT2D eigenvalue weighted by molar-refractivity contribution is 0.418. The Bertz CT molecular complexity index is 439. The summed E-state index contributed by atoms with van der Waals surface area (Å²) in [5, 5.41) is 9.15. The van der Waals surface area contributed by atoms with Crippen LogP contribution in [0.15, 0.2) is 29.2 Å². The van der Waals surface area contributed by atoms with Crippen LogP contribution in [0.25, 0.3) is 0 Å². The van der Waals surface area contributed by atoms with Gasteiger partial charge >= 0.3 is 0 Å². The first kappa shape index (κ1) is 14.0. The number of benzene rings is 1. The van der Waals surface area contributed by atoms with E-state index in [0.717, 1.165) is 12.8 Å². The number of nitrogens with zero attached hydrogens (tertiary/aromatic N) is 1. The molecule has 1 aromatic carbocycles. The third kappa shape index (κ3) is 3.44. The predicted octanol–water partition coefficient (Wildman–Crippen LogP) is 2.20. The van der Waals surface area contributed by atoms with Crippen LogP contribution in [0.1, 0.15) is 26.7 Å². The molecule has 0 amide bonds. The molecule has 0 radical (unpaired) electrons. The lowest BCUT2D eigenvalue weighted by Crippen LogP contribution is -2.31. The van der Waals surface area contributed by atoms with Gasteiger partial charge in [-0.05, 0) is 30.7 Å². The summed E-state index contributed by atoms with van der Waals surface area (Å²) in [6, 6.07) is 5.64. The highest BCUT2D eigenvalue weighted by atomic mass is 32.2. The van der Waals surface area contributed by atoms with Crippen LogP contribution in [0.2, 0.25) is 0 Å². The summed E-state index contributed by atoms with van der Waals surface area (Å²) >= 11 is 0. The van der Waals surface area contributed by atoms with Crippen LogP contribution >= 0.6 is 0 Å². The second-order valence-corrected chi connectivity index (χ2v) is 5.78. The molecule has 0 unspecified atom stereocenters. The minimum absolute atomic E-state index is 0.0700. The zero-order valence-electron chi connectivity index (χ0n) is 10.3. The van der Waals surface area contributed by atoms with Crippen LogP contribution in [-0.4, -0.2) is 30.9 Å².